The molecule has 0 aliphatic carbocycles. The number of anilines is 1. The Morgan fingerprint density at radius 2 is 1.60 bits per heavy atom. The van der Waals surface area contributed by atoms with Crippen LogP contribution >= 0.6 is 0 Å². The van der Waals surface area contributed by atoms with Crippen LogP contribution in [0.15, 0.2) is 60.9 Å². The van der Waals surface area contributed by atoms with Crippen molar-refractivity contribution in [1.29, 1.82) is 0 Å². The highest BCUT2D eigenvalue weighted by atomic mass is 19.4. The molecule has 1 aromatic carbocycles. The molecule has 0 spiro atoms. The molecular formula is C20H16F3N7. The molecule has 10 heteroatoms. The molecule has 3 heterocycles. The van der Waals surface area contributed by atoms with Gasteiger partial charge in [0.05, 0.1) is 0 Å². The monoisotopic (exact) mass is 411 g/mol. The molecule has 0 aliphatic rings. The Morgan fingerprint density at radius 3 is 2.33 bits per heavy atom. The number of hydrogen-bond donors (Lipinski definition) is 2. The fourth-order valence-electron chi connectivity index (χ4n) is 2.75. The van der Waals surface area contributed by atoms with Gasteiger partial charge in [0, 0.05) is 42.6 Å². The van der Waals surface area contributed by atoms with Crippen LogP contribution in [0, 0.1) is 0 Å². The average Bonchev–Trinajstić information content (AvgIpc) is 3.23. The minimum atomic E-state index is -4.59. The predicted octanol–water partition coefficient (Wildman–Crippen LogP) is 4.00. The average molecular weight is 411 g/mol. The fourth-order valence-corrected chi connectivity index (χ4v) is 2.75. The Bertz CT molecular complexity index is 1110. The van der Waals surface area contributed by atoms with Gasteiger partial charge >= 0.3 is 6.18 Å². The van der Waals surface area contributed by atoms with Gasteiger partial charge in [0.1, 0.15) is 11.6 Å². The van der Waals surface area contributed by atoms with Gasteiger partial charge in [-0.25, -0.2) is 15.0 Å². The number of aromatic nitrogens is 6. The molecule has 0 unspecified atom stereocenters. The molecule has 7 nitrogen and oxygen atoms in total. The van der Waals surface area contributed by atoms with E-state index in [-0.39, 0.29) is 11.6 Å². The summed E-state index contributed by atoms with van der Waals surface area (Å²) in [6.07, 6.45) is -1.22. The highest BCUT2D eigenvalue weighted by Crippen LogP contribution is 2.30. The van der Waals surface area contributed by atoms with Gasteiger partial charge in [0.15, 0.2) is 17.3 Å². The molecule has 152 valence electrons. The van der Waals surface area contributed by atoms with E-state index in [2.05, 4.69) is 35.5 Å². The smallest absolute Gasteiger partial charge is 0.369 e. The van der Waals surface area contributed by atoms with Crippen molar-refractivity contribution in [1.82, 2.24) is 30.1 Å². The number of hydrogen-bond acceptors (Lipinski definition) is 6. The molecule has 30 heavy (non-hydrogen) atoms. The standard InChI is InChI=1S/C20H16F3N7/c21-20(22,23)15-12-17(28-18(26-15)14-6-9-24-10-7-14)25-11-8-16-27-19(30-29-16)13-4-2-1-3-5-13/h1-7,9-10,12H,8,11H2,(H,25,26,28)(H,27,29,30). The van der Waals surface area contributed by atoms with Crippen molar-refractivity contribution < 1.29 is 13.2 Å². The quantitative estimate of drug-likeness (QED) is 0.498. The summed E-state index contributed by atoms with van der Waals surface area (Å²) >= 11 is 0. The van der Waals surface area contributed by atoms with E-state index >= 15 is 0 Å². The van der Waals surface area contributed by atoms with E-state index in [9.17, 15) is 13.2 Å². The van der Waals surface area contributed by atoms with Gasteiger partial charge in [-0.2, -0.15) is 18.3 Å². The molecule has 4 aromatic rings. The number of halogens is 3. The maximum Gasteiger partial charge on any atom is 0.433 e. The van der Waals surface area contributed by atoms with E-state index in [4.69, 9.17) is 0 Å². The summed E-state index contributed by atoms with van der Waals surface area (Å²) < 4.78 is 39.8. The third-order valence-electron chi connectivity index (χ3n) is 4.19. The van der Waals surface area contributed by atoms with Crippen molar-refractivity contribution >= 4 is 5.82 Å². The number of pyridine rings is 1. The molecule has 0 radical (unpaired) electrons. The van der Waals surface area contributed by atoms with Crippen LogP contribution in [0.3, 0.4) is 0 Å². The number of nitrogens with one attached hydrogen (secondary N) is 2. The third kappa shape index (κ3) is 4.59. The third-order valence-corrected chi connectivity index (χ3v) is 4.19. The lowest BCUT2D eigenvalue weighted by atomic mass is 10.2. The van der Waals surface area contributed by atoms with Crippen LogP contribution in [0.4, 0.5) is 19.0 Å². The van der Waals surface area contributed by atoms with Gasteiger partial charge in [0.2, 0.25) is 0 Å². The maximum atomic E-state index is 13.3. The van der Waals surface area contributed by atoms with E-state index in [1.165, 1.54) is 12.4 Å². The second kappa shape index (κ2) is 8.27. The number of H-pyrrole nitrogens is 1. The van der Waals surface area contributed by atoms with Crippen molar-refractivity contribution in [3.05, 3.63) is 72.4 Å². The molecule has 0 bridgehead atoms. The maximum absolute atomic E-state index is 13.3. The Balaban J connectivity index is 1.49. The van der Waals surface area contributed by atoms with E-state index in [0.29, 0.717) is 30.2 Å². The first kappa shape index (κ1) is 19.5. The van der Waals surface area contributed by atoms with Crippen molar-refractivity contribution in [3.8, 4) is 22.8 Å². The highest BCUT2D eigenvalue weighted by molar-refractivity contribution is 5.57. The second-order valence-electron chi connectivity index (χ2n) is 6.34. The number of rotatable bonds is 6. The zero-order valence-corrected chi connectivity index (χ0v) is 15.6. The second-order valence-corrected chi connectivity index (χ2v) is 6.34. The Morgan fingerprint density at radius 1 is 0.867 bits per heavy atom. The zero-order chi connectivity index (χ0) is 21.0. The van der Waals surface area contributed by atoms with Crippen LogP contribution in [0.2, 0.25) is 0 Å². The van der Waals surface area contributed by atoms with Gasteiger partial charge in [-0.15, -0.1) is 0 Å². The normalized spacial score (nSPS) is 11.4. The zero-order valence-electron chi connectivity index (χ0n) is 15.6. The lowest BCUT2D eigenvalue weighted by Gasteiger charge is -2.11. The summed E-state index contributed by atoms with van der Waals surface area (Å²) in [7, 11) is 0. The van der Waals surface area contributed by atoms with E-state index < -0.39 is 11.9 Å². The first-order chi connectivity index (χ1) is 14.5. The Kier molecular flexibility index (Phi) is 5.38. The number of alkyl halides is 3. The molecule has 4 rings (SSSR count). The summed E-state index contributed by atoms with van der Waals surface area (Å²) in [5.41, 5.74) is 0.306. The van der Waals surface area contributed by atoms with Crippen molar-refractivity contribution in [2.75, 3.05) is 11.9 Å². The summed E-state index contributed by atoms with van der Waals surface area (Å²) in [6, 6.07) is 13.5. The number of nitrogens with zero attached hydrogens (tertiary/aromatic N) is 5. The largest absolute Gasteiger partial charge is 0.433 e. The number of benzene rings is 1. The van der Waals surface area contributed by atoms with E-state index in [0.717, 1.165) is 11.6 Å². The van der Waals surface area contributed by atoms with Crippen LogP contribution in [0.1, 0.15) is 11.5 Å². The molecule has 0 fully saturated rings. The van der Waals surface area contributed by atoms with Crippen molar-refractivity contribution in [3.63, 3.8) is 0 Å². The van der Waals surface area contributed by atoms with Gasteiger partial charge in [0.25, 0.3) is 0 Å². The van der Waals surface area contributed by atoms with Crippen molar-refractivity contribution in [2.24, 2.45) is 0 Å². The molecular weight excluding hydrogens is 395 g/mol. The molecule has 0 saturated heterocycles. The molecule has 0 aliphatic heterocycles. The molecule has 3 aromatic heterocycles. The summed E-state index contributed by atoms with van der Waals surface area (Å²) in [5, 5.41) is 9.92. The lowest BCUT2D eigenvalue weighted by molar-refractivity contribution is -0.141. The summed E-state index contributed by atoms with van der Waals surface area (Å²) in [5.74, 6) is 1.22. The lowest BCUT2D eigenvalue weighted by Crippen LogP contribution is -2.13. The van der Waals surface area contributed by atoms with Crippen molar-refractivity contribution in [2.45, 2.75) is 12.6 Å². The fraction of sp³-hybridized carbons (Fsp3) is 0.150. The van der Waals surface area contributed by atoms with Crippen LogP contribution in [-0.4, -0.2) is 36.7 Å². The van der Waals surface area contributed by atoms with Crippen LogP contribution in [0.5, 0.6) is 0 Å². The summed E-state index contributed by atoms with van der Waals surface area (Å²) in [4.78, 5) is 16.1. The predicted molar refractivity (Wildman–Crippen MR) is 104 cm³/mol. The van der Waals surface area contributed by atoms with Gasteiger partial charge < -0.3 is 5.32 Å². The number of aromatic amines is 1. The minimum Gasteiger partial charge on any atom is -0.369 e. The molecule has 0 atom stereocenters. The Labute approximate surface area is 169 Å². The molecule has 2 N–H and O–H groups in total. The van der Waals surface area contributed by atoms with E-state index in [1.54, 1.807) is 12.1 Å². The van der Waals surface area contributed by atoms with Gasteiger partial charge in [-0.3, -0.25) is 10.1 Å². The van der Waals surface area contributed by atoms with E-state index in [1.807, 2.05) is 30.3 Å². The van der Waals surface area contributed by atoms with Gasteiger partial charge in [-0.1, -0.05) is 30.3 Å². The topological polar surface area (TPSA) is 92.3 Å². The summed E-state index contributed by atoms with van der Waals surface area (Å²) in [6.45, 7) is 0.313. The molecule has 0 saturated carbocycles. The first-order valence-corrected chi connectivity index (χ1v) is 9.06. The SMILES string of the molecule is FC(F)(F)c1cc(NCCc2nc(-c3ccccc3)n[nH]2)nc(-c2ccncc2)n1. The first-order valence-electron chi connectivity index (χ1n) is 9.06. The van der Waals surface area contributed by atoms with Crippen LogP contribution in [-0.2, 0) is 12.6 Å². The minimum absolute atomic E-state index is 0.0271. The highest BCUT2D eigenvalue weighted by Gasteiger charge is 2.33. The molecule has 0 amide bonds. The van der Waals surface area contributed by atoms with Gasteiger partial charge in [-0.05, 0) is 12.1 Å². The van der Waals surface area contributed by atoms with Crippen LogP contribution in [0.25, 0.3) is 22.8 Å². The Hall–Kier alpha value is -3.82. The van der Waals surface area contributed by atoms with Crippen LogP contribution < -0.4 is 5.32 Å².